The number of hydrogen-bond acceptors (Lipinski definition) is 3. The summed E-state index contributed by atoms with van der Waals surface area (Å²) in [4.78, 5) is 9.57. The van der Waals surface area contributed by atoms with Crippen molar-refractivity contribution in [2.75, 3.05) is 0 Å². The summed E-state index contributed by atoms with van der Waals surface area (Å²) in [6.45, 7) is 0. The average Bonchev–Trinajstić information content (AvgIpc) is 3.67. The van der Waals surface area contributed by atoms with Crippen molar-refractivity contribution in [1.29, 1.82) is 0 Å². The number of rotatable bonds is 5. The molecule has 4 heteroatoms. The van der Waals surface area contributed by atoms with E-state index in [2.05, 4.69) is 175 Å². The Balaban J connectivity index is 1.30. The molecule has 8 aromatic carbocycles. The molecule has 0 fully saturated rings. The van der Waals surface area contributed by atoms with Crippen LogP contribution in [0.15, 0.2) is 194 Å². The minimum absolute atomic E-state index is 0.912. The summed E-state index contributed by atoms with van der Waals surface area (Å²) < 4.78 is 2.14. The predicted octanol–water partition coefficient (Wildman–Crippen LogP) is 13.1. The second-order valence-electron chi connectivity index (χ2n) is 14.0. The lowest BCUT2D eigenvalue weighted by Gasteiger charge is -2.20. The minimum atomic E-state index is 0.912. The molecule has 4 nitrogen and oxygen atoms in total. The quantitative estimate of drug-likeness (QED) is 0.168. The Labute approximate surface area is 317 Å². The zero-order chi connectivity index (χ0) is 36.3. The highest BCUT2D eigenvalue weighted by Crippen LogP contribution is 2.50. The van der Waals surface area contributed by atoms with Gasteiger partial charge in [0.05, 0.1) is 22.2 Å². The zero-order valence-corrected chi connectivity index (χ0v) is 29.8. The van der Waals surface area contributed by atoms with Gasteiger partial charge < -0.3 is 0 Å². The molecule has 0 N–H and O–H groups in total. The molecule has 0 aliphatic heterocycles. The highest BCUT2D eigenvalue weighted by atomic mass is 15.3. The molecule has 0 spiro atoms. The Morgan fingerprint density at radius 3 is 1.69 bits per heavy atom. The fraction of sp³-hybridized carbons (Fsp3) is 0. The maximum absolute atomic E-state index is 5.48. The molecule has 3 aromatic heterocycles. The average molecular weight is 701 g/mol. The Bertz CT molecular complexity index is 3240. The second kappa shape index (κ2) is 12.6. The van der Waals surface area contributed by atoms with Crippen molar-refractivity contribution in [2.45, 2.75) is 0 Å². The summed E-state index contributed by atoms with van der Waals surface area (Å²) in [6.07, 6.45) is 3.70. The summed E-state index contributed by atoms with van der Waals surface area (Å²) in [5.41, 5.74) is 13.0. The maximum Gasteiger partial charge on any atom is 0.101 e. The van der Waals surface area contributed by atoms with Crippen LogP contribution in [-0.2, 0) is 0 Å². The first kappa shape index (κ1) is 31.1. The van der Waals surface area contributed by atoms with Gasteiger partial charge in [0.1, 0.15) is 5.69 Å². The molecule has 0 radical (unpaired) electrons. The molecule has 55 heavy (non-hydrogen) atoms. The van der Waals surface area contributed by atoms with E-state index in [4.69, 9.17) is 15.1 Å². The van der Waals surface area contributed by atoms with Crippen LogP contribution in [0.4, 0.5) is 0 Å². The first-order chi connectivity index (χ1) is 27.3. The molecule has 0 amide bonds. The van der Waals surface area contributed by atoms with Gasteiger partial charge in [-0.2, -0.15) is 5.10 Å². The largest absolute Gasteiger partial charge is 0.254 e. The number of pyridine rings is 2. The third-order valence-electron chi connectivity index (χ3n) is 10.9. The standard InChI is InChI=1S/C51H32N4/c1-4-16-33(17-5-1)45-46(40-25-12-13-26-43(40)51-47(45)48(34-18-6-2-7-19-34)54-55(51)36-21-8-3-9-22-36)41-29-28-39(37-23-10-11-24-38(37)41)44-32-35-20-14-30-52-49(35)50-42(44)27-15-31-53-50/h1-32H. The number of nitrogens with zero attached hydrogens (tertiary/aromatic N) is 4. The van der Waals surface area contributed by atoms with Gasteiger partial charge >= 0.3 is 0 Å². The van der Waals surface area contributed by atoms with Crippen LogP contribution in [0.3, 0.4) is 0 Å². The van der Waals surface area contributed by atoms with Crippen LogP contribution < -0.4 is 0 Å². The van der Waals surface area contributed by atoms with Crippen molar-refractivity contribution in [2.24, 2.45) is 0 Å². The van der Waals surface area contributed by atoms with Gasteiger partial charge in [-0.05, 0) is 74.3 Å². The molecule has 11 aromatic rings. The lowest BCUT2D eigenvalue weighted by molar-refractivity contribution is 0.918. The molecule has 0 atom stereocenters. The molecule has 3 heterocycles. The maximum atomic E-state index is 5.48. The summed E-state index contributed by atoms with van der Waals surface area (Å²) in [7, 11) is 0. The summed E-state index contributed by atoms with van der Waals surface area (Å²) in [5.74, 6) is 0. The number of aromatic nitrogens is 4. The lowest BCUT2D eigenvalue weighted by Crippen LogP contribution is -1.98. The zero-order valence-electron chi connectivity index (χ0n) is 29.8. The summed E-state index contributed by atoms with van der Waals surface area (Å²) in [5, 5.41) is 13.5. The molecule has 0 saturated heterocycles. The fourth-order valence-corrected chi connectivity index (χ4v) is 8.55. The van der Waals surface area contributed by atoms with Gasteiger partial charge in [0.25, 0.3) is 0 Å². The van der Waals surface area contributed by atoms with Gasteiger partial charge in [0.15, 0.2) is 0 Å². The number of benzene rings is 8. The minimum Gasteiger partial charge on any atom is -0.254 e. The van der Waals surface area contributed by atoms with Crippen molar-refractivity contribution in [3.8, 4) is 50.3 Å². The van der Waals surface area contributed by atoms with Gasteiger partial charge in [-0.3, -0.25) is 9.97 Å². The Morgan fingerprint density at radius 2 is 0.945 bits per heavy atom. The van der Waals surface area contributed by atoms with Crippen LogP contribution in [0.25, 0.3) is 105 Å². The molecule has 0 bridgehead atoms. The van der Waals surface area contributed by atoms with Gasteiger partial charge in [-0.1, -0.05) is 152 Å². The van der Waals surface area contributed by atoms with E-state index >= 15 is 0 Å². The highest BCUT2D eigenvalue weighted by Gasteiger charge is 2.26. The molecule has 11 rings (SSSR count). The predicted molar refractivity (Wildman–Crippen MR) is 228 cm³/mol. The van der Waals surface area contributed by atoms with Gasteiger partial charge in [0.2, 0.25) is 0 Å². The van der Waals surface area contributed by atoms with E-state index in [0.717, 1.165) is 71.7 Å². The lowest BCUT2D eigenvalue weighted by atomic mass is 9.83. The van der Waals surface area contributed by atoms with Gasteiger partial charge in [-0.25, -0.2) is 4.68 Å². The van der Waals surface area contributed by atoms with Crippen LogP contribution in [0.5, 0.6) is 0 Å². The molecule has 0 aliphatic carbocycles. The van der Waals surface area contributed by atoms with Crippen LogP contribution in [0.2, 0.25) is 0 Å². The van der Waals surface area contributed by atoms with Crippen molar-refractivity contribution in [3.05, 3.63) is 194 Å². The summed E-state index contributed by atoms with van der Waals surface area (Å²) in [6, 6.07) is 64.8. The highest BCUT2D eigenvalue weighted by molar-refractivity contribution is 6.26. The van der Waals surface area contributed by atoms with Crippen molar-refractivity contribution >= 4 is 54.3 Å². The molecular formula is C51H32N4. The number of para-hydroxylation sites is 1. The Kier molecular flexibility index (Phi) is 7.14. The third-order valence-corrected chi connectivity index (χ3v) is 10.9. The van der Waals surface area contributed by atoms with E-state index in [-0.39, 0.29) is 0 Å². The SMILES string of the molecule is c1ccc(-c2nn(-c3ccccc3)c3c2c(-c2ccccc2)c(-c2ccc(-c4cc5cccnc5c5ncccc45)c4ccccc24)c2ccccc23)cc1. The van der Waals surface area contributed by atoms with Crippen molar-refractivity contribution in [3.63, 3.8) is 0 Å². The topological polar surface area (TPSA) is 43.6 Å². The van der Waals surface area contributed by atoms with Crippen molar-refractivity contribution < 1.29 is 0 Å². The molecule has 256 valence electrons. The first-order valence-corrected chi connectivity index (χ1v) is 18.6. The normalized spacial score (nSPS) is 11.6. The van der Waals surface area contributed by atoms with Crippen LogP contribution in [0, 0.1) is 0 Å². The molecule has 0 aliphatic rings. The Morgan fingerprint density at radius 1 is 0.382 bits per heavy atom. The Hall–Kier alpha value is -7.43. The van der Waals surface area contributed by atoms with Gasteiger partial charge in [0, 0.05) is 45.1 Å². The van der Waals surface area contributed by atoms with E-state index in [1.54, 1.807) is 0 Å². The smallest absolute Gasteiger partial charge is 0.101 e. The van der Waals surface area contributed by atoms with E-state index in [1.165, 1.54) is 32.8 Å². The third kappa shape index (κ3) is 4.89. The summed E-state index contributed by atoms with van der Waals surface area (Å²) >= 11 is 0. The van der Waals surface area contributed by atoms with E-state index in [1.807, 2.05) is 24.5 Å². The van der Waals surface area contributed by atoms with Crippen molar-refractivity contribution in [1.82, 2.24) is 19.7 Å². The van der Waals surface area contributed by atoms with Gasteiger partial charge in [-0.15, -0.1) is 0 Å². The molecule has 0 saturated carbocycles. The number of hydrogen-bond donors (Lipinski definition) is 0. The van der Waals surface area contributed by atoms with E-state index in [0.29, 0.717) is 0 Å². The first-order valence-electron chi connectivity index (χ1n) is 18.6. The number of fused-ring (bicyclic) bond motifs is 7. The van der Waals surface area contributed by atoms with Crippen LogP contribution >= 0.6 is 0 Å². The van der Waals surface area contributed by atoms with E-state index in [9.17, 15) is 0 Å². The second-order valence-corrected chi connectivity index (χ2v) is 14.0. The fourth-order valence-electron chi connectivity index (χ4n) is 8.55. The molecule has 0 unspecified atom stereocenters. The van der Waals surface area contributed by atoms with Crippen LogP contribution in [0.1, 0.15) is 0 Å². The monoisotopic (exact) mass is 700 g/mol. The van der Waals surface area contributed by atoms with Crippen LogP contribution in [-0.4, -0.2) is 19.7 Å². The van der Waals surface area contributed by atoms with E-state index < -0.39 is 0 Å². The molecular weight excluding hydrogens is 669 g/mol.